The highest BCUT2D eigenvalue weighted by atomic mass is 35.5. The number of hydrogen-bond acceptors (Lipinski definition) is 5. The van der Waals surface area contributed by atoms with E-state index in [0.29, 0.717) is 17.8 Å². The van der Waals surface area contributed by atoms with E-state index in [-0.39, 0.29) is 33.4 Å². The van der Waals surface area contributed by atoms with Crippen LogP contribution < -0.4 is 21.5 Å². The molecular formula is C29H26Cl2N6O3. The molecule has 1 fully saturated rings. The molecule has 0 atom stereocenters. The topological polar surface area (TPSA) is 118 Å². The summed E-state index contributed by atoms with van der Waals surface area (Å²) in [5, 5.41) is 13.0. The average Bonchev–Trinajstić information content (AvgIpc) is 3.76. The largest absolute Gasteiger partial charge is 0.349 e. The number of rotatable bonds is 7. The van der Waals surface area contributed by atoms with Crippen molar-refractivity contribution in [1.29, 1.82) is 0 Å². The van der Waals surface area contributed by atoms with Crippen molar-refractivity contribution in [2.45, 2.75) is 39.3 Å². The minimum atomic E-state index is -0.697. The standard InChI is InChI=1S/C29H26Cl2N6O3/c1-3-37-28(39)25(34-29(40)35-26-22(30)14-32-15-23(26)31)13-24(36-37)18-6-4-5-17(11-18)21-12-19(8-7-16(21)2)27(38)33-20-9-10-20/h4-8,11-15,20H,3,9-10H2,1-2H3,(H,33,38)(H2,32,34,35,40). The molecule has 2 heterocycles. The van der Waals surface area contributed by atoms with E-state index in [1.54, 1.807) is 6.92 Å². The normalized spacial score (nSPS) is 12.6. The zero-order chi connectivity index (χ0) is 28.4. The summed E-state index contributed by atoms with van der Waals surface area (Å²) in [6, 6.07) is 14.4. The Morgan fingerprint density at radius 1 is 1.00 bits per heavy atom. The number of aryl methyl sites for hydroxylation is 2. The lowest BCUT2D eigenvalue weighted by atomic mass is 9.96. The Morgan fingerprint density at radius 3 is 2.42 bits per heavy atom. The molecule has 1 aliphatic carbocycles. The van der Waals surface area contributed by atoms with Gasteiger partial charge in [-0.3, -0.25) is 14.6 Å². The van der Waals surface area contributed by atoms with Gasteiger partial charge in [0.15, 0.2) is 0 Å². The average molecular weight is 577 g/mol. The maximum absolute atomic E-state index is 13.0. The van der Waals surface area contributed by atoms with Gasteiger partial charge in [-0.25, -0.2) is 9.48 Å². The second-order valence-corrected chi connectivity index (χ2v) is 10.3. The zero-order valence-electron chi connectivity index (χ0n) is 21.8. The first-order valence-electron chi connectivity index (χ1n) is 12.7. The maximum atomic E-state index is 13.0. The first-order chi connectivity index (χ1) is 19.2. The number of carbonyl (C=O) groups is 2. The predicted molar refractivity (Wildman–Crippen MR) is 157 cm³/mol. The summed E-state index contributed by atoms with van der Waals surface area (Å²) in [5.41, 5.74) is 4.38. The van der Waals surface area contributed by atoms with Crippen molar-refractivity contribution >= 4 is 46.5 Å². The third-order valence-electron chi connectivity index (χ3n) is 6.50. The fourth-order valence-electron chi connectivity index (χ4n) is 4.20. The zero-order valence-corrected chi connectivity index (χ0v) is 23.3. The number of nitrogens with one attached hydrogen (secondary N) is 3. The molecular weight excluding hydrogens is 551 g/mol. The number of aromatic nitrogens is 3. The van der Waals surface area contributed by atoms with Crippen LogP contribution in [0.15, 0.2) is 65.7 Å². The Kier molecular flexibility index (Phi) is 7.86. The van der Waals surface area contributed by atoms with Crippen molar-refractivity contribution in [2.24, 2.45) is 0 Å². The molecule has 2 aromatic heterocycles. The molecule has 3 N–H and O–H groups in total. The SMILES string of the molecule is CCn1nc(-c2cccc(-c3cc(C(=O)NC4CC4)ccc3C)c2)cc(NC(=O)Nc2c(Cl)cncc2Cl)c1=O. The summed E-state index contributed by atoms with van der Waals surface area (Å²) in [4.78, 5) is 42.2. The van der Waals surface area contributed by atoms with Crippen LogP contribution in [0.5, 0.6) is 0 Å². The maximum Gasteiger partial charge on any atom is 0.323 e. The quantitative estimate of drug-likeness (QED) is 0.244. The molecule has 11 heteroatoms. The number of anilines is 2. The Bertz CT molecular complexity index is 1660. The summed E-state index contributed by atoms with van der Waals surface area (Å²) < 4.78 is 1.28. The number of carbonyl (C=O) groups excluding carboxylic acids is 2. The van der Waals surface area contributed by atoms with Gasteiger partial charge in [-0.1, -0.05) is 47.5 Å². The van der Waals surface area contributed by atoms with E-state index in [9.17, 15) is 14.4 Å². The van der Waals surface area contributed by atoms with Crippen molar-refractivity contribution in [2.75, 3.05) is 10.6 Å². The molecule has 0 bridgehead atoms. The van der Waals surface area contributed by atoms with Gasteiger partial charge in [-0.05, 0) is 67.6 Å². The van der Waals surface area contributed by atoms with Gasteiger partial charge in [0.2, 0.25) is 0 Å². The van der Waals surface area contributed by atoms with Gasteiger partial charge >= 0.3 is 6.03 Å². The molecule has 0 saturated heterocycles. The Balaban J connectivity index is 1.46. The van der Waals surface area contributed by atoms with Gasteiger partial charge in [-0.15, -0.1) is 0 Å². The number of amides is 3. The third kappa shape index (κ3) is 6.00. The van der Waals surface area contributed by atoms with Crippen LogP contribution in [0.3, 0.4) is 0 Å². The van der Waals surface area contributed by atoms with E-state index < -0.39 is 11.6 Å². The molecule has 0 radical (unpaired) electrons. The summed E-state index contributed by atoms with van der Waals surface area (Å²) >= 11 is 12.2. The highest BCUT2D eigenvalue weighted by Crippen LogP contribution is 2.31. The molecule has 0 unspecified atom stereocenters. The van der Waals surface area contributed by atoms with E-state index in [1.165, 1.54) is 23.1 Å². The molecule has 1 saturated carbocycles. The van der Waals surface area contributed by atoms with Gasteiger partial charge in [0.05, 0.1) is 21.4 Å². The molecule has 2 aromatic carbocycles. The van der Waals surface area contributed by atoms with Crippen LogP contribution in [0, 0.1) is 6.92 Å². The Morgan fingerprint density at radius 2 is 1.73 bits per heavy atom. The number of benzene rings is 2. The van der Waals surface area contributed by atoms with Crippen molar-refractivity contribution in [3.8, 4) is 22.4 Å². The molecule has 204 valence electrons. The summed E-state index contributed by atoms with van der Waals surface area (Å²) in [6.45, 7) is 4.07. The Hall–Kier alpha value is -4.21. The van der Waals surface area contributed by atoms with E-state index in [2.05, 4.69) is 26.0 Å². The highest BCUT2D eigenvalue weighted by Gasteiger charge is 2.24. The predicted octanol–water partition coefficient (Wildman–Crippen LogP) is 6.14. The van der Waals surface area contributed by atoms with Crippen molar-refractivity contribution < 1.29 is 9.59 Å². The first-order valence-corrected chi connectivity index (χ1v) is 13.5. The summed E-state index contributed by atoms with van der Waals surface area (Å²) in [5.74, 6) is -0.0834. The smallest absolute Gasteiger partial charge is 0.323 e. The third-order valence-corrected chi connectivity index (χ3v) is 7.07. The van der Waals surface area contributed by atoms with E-state index in [4.69, 9.17) is 23.2 Å². The fraction of sp³-hybridized carbons (Fsp3) is 0.207. The highest BCUT2D eigenvalue weighted by molar-refractivity contribution is 6.39. The molecule has 0 spiro atoms. The van der Waals surface area contributed by atoms with Crippen molar-refractivity contribution in [1.82, 2.24) is 20.1 Å². The molecule has 5 rings (SSSR count). The monoisotopic (exact) mass is 576 g/mol. The number of halogens is 2. The second-order valence-electron chi connectivity index (χ2n) is 9.48. The number of urea groups is 1. The van der Waals surface area contributed by atoms with Crippen molar-refractivity contribution in [3.05, 3.63) is 92.5 Å². The van der Waals surface area contributed by atoms with Crippen LogP contribution in [0.2, 0.25) is 10.0 Å². The van der Waals surface area contributed by atoms with E-state index in [0.717, 1.165) is 35.1 Å². The minimum Gasteiger partial charge on any atom is -0.349 e. The van der Waals surface area contributed by atoms with Gasteiger partial charge in [0.25, 0.3) is 11.5 Å². The fourth-order valence-corrected chi connectivity index (χ4v) is 4.66. The van der Waals surface area contributed by atoms with Crippen LogP contribution in [-0.2, 0) is 6.54 Å². The van der Waals surface area contributed by atoms with Gasteiger partial charge in [-0.2, -0.15) is 5.10 Å². The van der Waals surface area contributed by atoms with Crippen LogP contribution >= 0.6 is 23.2 Å². The molecule has 9 nitrogen and oxygen atoms in total. The lowest BCUT2D eigenvalue weighted by molar-refractivity contribution is 0.0951. The van der Waals surface area contributed by atoms with Crippen LogP contribution in [0.1, 0.15) is 35.7 Å². The number of hydrogen-bond donors (Lipinski definition) is 3. The van der Waals surface area contributed by atoms with Crippen LogP contribution in [0.25, 0.3) is 22.4 Å². The van der Waals surface area contributed by atoms with Crippen LogP contribution in [0.4, 0.5) is 16.2 Å². The lowest BCUT2D eigenvalue weighted by Crippen LogP contribution is -2.29. The Labute approximate surface area is 240 Å². The van der Waals surface area contributed by atoms with Crippen molar-refractivity contribution in [3.63, 3.8) is 0 Å². The minimum absolute atomic E-state index is 0.0333. The second kappa shape index (κ2) is 11.5. The van der Waals surface area contributed by atoms with E-state index in [1.807, 2.05) is 49.4 Å². The van der Waals surface area contributed by atoms with Crippen LogP contribution in [-0.4, -0.2) is 32.7 Å². The van der Waals surface area contributed by atoms with Gasteiger partial charge in [0.1, 0.15) is 5.69 Å². The van der Waals surface area contributed by atoms with E-state index >= 15 is 0 Å². The molecule has 40 heavy (non-hydrogen) atoms. The summed E-state index contributed by atoms with van der Waals surface area (Å²) in [6.07, 6.45) is 4.73. The molecule has 1 aliphatic rings. The first kappa shape index (κ1) is 27.4. The molecule has 3 amide bonds. The molecule has 4 aromatic rings. The number of nitrogens with zero attached hydrogens (tertiary/aromatic N) is 3. The summed E-state index contributed by atoms with van der Waals surface area (Å²) in [7, 11) is 0. The number of pyridine rings is 1. The lowest BCUT2D eigenvalue weighted by Gasteiger charge is -2.14. The van der Waals surface area contributed by atoms with Gasteiger partial charge in [0, 0.05) is 36.1 Å². The molecule has 0 aliphatic heterocycles. The van der Waals surface area contributed by atoms with Gasteiger partial charge < -0.3 is 16.0 Å².